The molecule has 0 saturated heterocycles. The van der Waals surface area contributed by atoms with Crippen molar-refractivity contribution in [3.05, 3.63) is 71.4 Å². The Morgan fingerprint density at radius 1 is 1.03 bits per heavy atom. The summed E-state index contributed by atoms with van der Waals surface area (Å²) in [4.78, 5) is 25.2. The maximum absolute atomic E-state index is 13.9. The molecule has 2 aromatic carbocycles. The largest absolute Gasteiger partial charge is 0.349 e. The van der Waals surface area contributed by atoms with Crippen LogP contribution in [0.1, 0.15) is 79.0 Å². The Hall–Kier alpha value is -3.28. The Balaban J connectivity index is 1.16. The fourth-order valence-corrected chi connectivity index (χ4v) is 5.53. The zero-order valence-corrected chi connectivity index (χ0v) is 19.4. The standard InChI is InChI=1S/C28H29FN4O/c1-16(27-32-25-10-6-19(14-26(25)33-27)28(34)31-21-8-9-21)17-2-4-18(5-3-17)22-12-13-30-24-11-7-20(29)15-23(22)24/h6-7,10-18,21H,2-5,8-9H2,1H3,(H,31,34)(H,32,33)/t16-,17?,18?/m1/s1. The van der Waals surface area contributed by atoms with Crippen LogP contribution in [0.25, 0.3) is 21.9 Å². The first-order chi connectivity index (χ1) is 16.5. The van der Waals surface area contributed by atoms with Crippen molar-refractivity contribution >= 4 is 27.8 Å². The number of nitrogens with zero attached hydrogens (tertiary/aromatic N) is 2. The number of imidazole rings is 1. The third kappa shape index (κ3) is 4.06. The Morgan fingerprint density at radius 3 is 2.62 bits per heavy atom. The van der Waals surface area contributed by atoms with Gasteiger partial charge in [-0.3, -0.25) is 9.78 Å². The average molecular weight is 457 g/mol. The molecule has 0 radical (unpaired) electrons. The number of nitrogens with one attached hydrogen (secondary N) is 2. The highest BCUT2D eigenvalue weighted by Crippen LogP contribution is 2.43. The minimum Gasteiger partial charge on any atom is -0.349 e. The third-order valence-electron chi connectivity index (χ3n) is 7.76. The van der Waals surface area contributed by atoms with E-state index in [0.717, 1.165) is 66.3 Å². The van der Waals surface area contributed by atoms with Crippen LogP contribution in [-0.2, 0) is 0 Å². The molecule has 174 valence electrons. The number of carbonyl (C=O) groups excluding carboxylic acids is 1. The maximum Gasteiger partial charge on any atom is 0.251 e. The number of hydrogen-bond donors (Lipinski definition) is 2. The van der Waals surface area contributed by atoms with Crippen LogP contribution in [0.3, 0.4) is 0 Å². The maximum atomic E-state index is 13.9. The predicted molar refractivity (Wildman–Crippen MR) is 131 cm³/mol. The molecule has 0 spiro atoms. The van der Waals surface area contributed by atoms with Gasteiger partial charge in [0.05, 0.1) is 16.6 Å². The van der Waals surface area contributed by atoms with E-state index in [1.165, 1.54) is 11.6 Å². The van der Waals surface area contributed by atoms with Crippen molar-refractivity contribution in [2.24, 2.45) is 5.92 Å². The first kappa shape index (κ1) is 21.3. The van der Waals surface area contributed by atoms with Crippen molar-refractivity contribution in [3.8, 4) is 0 Å². The van der Waals surface area contributed by atoms with Crippen molar-refractivity contribution in [2.45, 2.75) is 63.3 Å². The first-order valence-electron chi connectivity index (χ1n) is 12.4. The summed E-state index contributed by atoms with van der Waals surface area (Å²) < 4.78 is 13.9. The molecule has 0 aliphatic heterocycles. The van der Waals surface area contributed by atoms with Crippen LogP contribution < -0.4 is 5.32 Å². The summed E-state index contributed by atoms with van der Waals surface area (Å²) in [7, 11) is 0. The van der Waals surface area contributed by atoms with Crippen LogP contribution in [0.5, 0.6) is 0 Å². The van der Waals surface area contributed by atoms with Gasteiger partial charge < -0.3 is 10.3 Å². The van der Waals surface area contributed by atoms with Gasteiger partial charge in [0.2, 0.25) is 0 Å². The van der Waals surface area contributed by atoms with E-state index in [9.17, 15) is 9.18 Å². The molecule has 2 saturated carbocycles. The number of amides is 1. The first-order valence-corrected chi connectivity index (χ1v) is 12.4. The van der Waals surface area contributed by atoms with E-state index < -0.39 is 0 Å². The molecular weight excluding hydrogens is 427 g/mol. The molecule has 5 nitrogen and oxygen atoms in total. The Labute approximate surface area is 198 Å². The van der Waals surface area contributed by atoms with Gasteiger partial charge in [-0.15, -0.1) is 0 Å². The second-order valence-corrected chi connectivity index (χ2v) is 10.1. The summed E-state index contributed by atoms with van der Waals surface area (Å²) in [6.07, 6.45) is 8.38. The number of aromatic amines is 1. The van der Waals surface area contributed by atoms with Crippen molar-refractivity contribution < 1.29 is 9.18 Å². The van der Waals surface area contributed by atoms with E-state index in [-0.39, 0.29) is 11.7 Å². The third-order valence-corrected chi connectivity index (χ3v) is 7.76. The smallest absolute Gasteiger partial charge is 0.251 e. The molecule has 1 amide bonds. The molecule has 4 aromatic rings. The zero-order chi connectivity index (χ0) is 23.2. The van der Waals surface area contributed by atoms with Crippen molar-refractivity contribution in [3.63, 3.8) is 0 Å². The van der Waals surface area contributed by atoms with Gasteiger partial charge in [0.1, 0.15) is 11.6 Å². The average Bonchev–Trinajstić information content (AvgIpc) is 3.57. The summed E-state index contributed by atoms with van der Waals surface area (Å²) in [5.41, 5.74) is 4.59. The van der Waals surface area contributed by atoms with Crippen molar-refractivity contribution in [2.75, 3.05) is 0 Å². The van der Waals surface area contributed by atoms with Crippen LogP contribution >= 0.6 is 0 Å². The molecule has 34 heavy (non-hydrogen) atoms. The summed E-state index contributed by atoms with van der Waals surface area (Å²) in [6.45, 7) is 2.25. The van der Waals surface area contributed by atoms with Gasteiger partial charge in [-0.05, 0) is 98.4 Å². The Kier molecular flexibility index (Phi) is 5.31. The summed E-state index contributed by atoms with van der Waals surface area (Å²) >= 11 is 0. The number of hydrogen-bond acceptors (Lipinski definition) is 3. The molecule has 6 rings (SSSR count). The number of carbonyl (C=O) groups is 1. The number of fused-ring (bicyclic) bond motifs is 2. The highest BCUT2D eigenvalue weighted by molar-refractivity contribution is 5.97. The number of pyridine rings is 1. The van der Waals surface area contributed by atoms with Crippen LogP contribution in [-0.4, -0.2) is 26.9 Å². The van der Waals surface area contributed by atoms with Gasteiger partial charge in [-0.25, -0.2) is 9.37 Å². The molecule has 2 fully saturated rings. The molecule has 0 bridgehead atoms. The number of benzene rings is 2. The van der Waals surface area contributed by atoms with Gasteiger partial charge in [-0.2, -0.15) is 0 Å². The van der Waals surface area contributed by atoms with Crippen LogP contribution in [0.2, 0.25) is 0 Å². The minimum absolute atomic E-state index is 0.00422. The lowest BCUT2D eigenvalue weighted by atomic mass is 9.73. The fraction of sp³-hybridized carbons (Fsp3) is 0.393. The monoisotopic (exact) mass is 456 g/mol. The topological polar surface area (TPSA) is 70.7 Å². The van der Waals surface area contributed by atoms with E-state index in [1.807, 2.05) is 24.4 Å². The van der Waals surface area contributed by atoms with Gasteiger partial charge >= 0.3 is 0 Å². The molecular formula is C28H29FN4O. The van der Waals surface area contributed by atoms with Crippen LogP contribution in [0, 0.1) is 11.7 Å². The highest BCUT2D eigenvalue weighted by Gasteiger charge is 2.29. The number of aromatic nitrogens is 3. The molecule has 2 aliphatic rings. The molecule has 2 heterocycles. The van der Waals surface area contributed by atoms with Gasteiger partial charge in [0.25, 0.3) is 5.91 Å². The molecule has 2 N–H and O–H groups in total. The highest BCUT2D eigenvalue weighted by atomic mass is 19.1. The second-order valence-electron chi connectivity index (χ2n) is 10.1. The van der Waals surface area contributed by atoms with E-state index in [0.29, 0.717) is 29.4 Å². The van der Waals surface area contributed by atoms with E-state index in [1.54, 1.807) is 12.1 Å². The zero-order valence-electron chi connectivity index (χ0n) is 19.4. The predicted octanol–water partition coefficient (Wildman–Crippen LogP) is 6.22. The lowest BCUT2D eigenvalue weighted by molar-refractivity contribution is 0.0951. The number of rotatable bonds is 5. The van der Waals surface area contributed by atoms with E-state index >= 15 is 0 Å². The molecule has 6 heteroatoms. The summed E-state index contributed by atoms with van der Waals surface area (Å²) in [5.74, 6) is 2.06. The normalized spacial score (nSPS) is 21.6. The van der Waals surface area contributed by atoms with Crippen LogP contribution in [0.4, 0.5) is 4.39 Å². The molecule has 2 aliphatic carbocycles. The van der Waals surface area contributed by atoms with Gasteiger partial charge in [-0.1, -0.05) is 6.92 Å². The van der Waals surface area contributed by atoms with Gasteiger partial charge in [0.15, 0.2) is 0 Å². The van der Waals surface area contributed by atoms with Crippen LogP contribution in [0.15, 0.2) is 48.7 Å². The number of H-pyrrole nitrogens is 1. The summed E-state index contributed by atoms with van der Waals surface area (Å²) in [6, 6.07) is 13.0. The lowest BCUT2D eigenvalue weighted by Crippen LogP contribution is -2.25. The number of halogens is 1. The summed E-state index contributed by atoms with van der Waals surface area (Å²) in [5, 5.41) is 3.99. The van der Waals surface area contributed by atoms with Crippen molar-refractivity contribution in [1.29, 1.82) is 0 Å². The fourth-order valence-electron chi connectivity index (χ4n) is 5.53. The SMILES string of the molecule is C[C@@H](c1nc2ccc(C(=O)NC3CC3)cc2[nH]1)C1CCC(c2ccnc3ccc(F)cc23)CC1. The quantitative estimate of drug-likeness (QED) is 0.374. The minimum atomic E-state index is -0.206. The second kappa shape index (κ2) is 8.49. The van der Waals surface area contributed by atoms with E-state index in [2.05, 4.69) is 28.3 Å². The Morgan fingerprint density at radius 2 is 1.82 bits per heavy atom. The molecule has 1 atom stereocenters. The lowest BCUT2D eigenvalue weighted by Gasteiger charge is -2.32. The molecule has 0 unspecified atom stereocenters. The Bertz CT molecular complexity index is 1370. The van der Waals surface area contributed by atoms with Gasteiger partial charge in [0, 0.05) is 29.1 Å². The van der Waals surface area contributed by atoms with Crippen molar-refractivity contribution in [1.82, 2.24) is 20.3 Å². The molecule has 2 aromatic heterocycles. The van der Waals surface area contributed by atoms with E-state index in [4.69, 9.17) is 4.98 Å².